The summed E-state index contributed by atoms with van der Waals surface area (Å²) in [4.78, 5) is 23.1. The van der Waals surface area contributed by atoms with E-state index in [1.54, 1.807) is 4.68 Å². The van der Waals surface area contributed by atoms with Crippen molar-refractivity contribution >= 4 is 5.91 Å². The molecule has 1 unspecified atom stereocenters. The maximum Gasteiger partial charge on any atom is 0.223 e. The molecule has 6 nitrogen and oxygen atoms in total. The lowest BCUT2D eigenvalue weighted by Gasteiger charge is -2.15. The van der Waals surface area contributed by atoms with E-state index in [0.717, 1.165) is 49.0 Å². The lowest BCUT2D eigenvalue weighted by Crippen LogP contribution is -2.26. The first-order valence-corrected chi connectivity index (χ1v) is 8.73. The molecular formula is C18H25N5O. The number of pyridine rings is 1. The van der Waals surface area contributed by atoms with Crippen LogP contribution < -0.4 is 0 Å². The number of carbonyl (C=O) groups is 1. The van der Waals surface area contributed by atoms with Crippen LogP contribution in [0.15, 0.2) is 18.2 Å². The molecule has 0 saturated carbocycles. The highest BCUT2D eigenvalue weighted by Crippen LogP contribution is 2.17. The first-order chi connectivity index (χ1) is 11.6. The van der Waals surface area contributed by atoms with Crippen molar-refractivity contribution < 1.29 is 4.79 Å². The molecular weight excluding hydrogens is 302 g/mol. The summed E-state index contributed by atoms with van der Waals surface area (Å²) < 4.78 is 1.80. The fraction of sp³-hybridized carbons (Fsp3) is 0.556. The molecule has 24 heavy (non-hydrogen) atoms. The maximum atomic E-state index is 12.0. The topological polar surface area (TPSA) is 63.9 Å². The molecule has 0 N–H and O–H groups in total. The number of hydrogen-bond donors (Lipinski definition) is 0. The minimum atomic E-state index is 0.199. The second kappa shape index (κ2) is 7.11. The van der Waals surface area contributed by atoms with Crippen molar-refractivity contribution in [2.75, 3.05) is 6.54 Å². The van der Waals surface area contributed by atoms with E-state index in [2.05, 4.69) is 23.9 Å². The van der Waals surface area contributed by atoms with E-state index in [4.69, 9.17) is 4.98 Å². The fourth-order valence-corrected chi connectivity index (χ4v) is 2.91. The minimum absolute atomic E-state index is 0.199. The summed E-state index contributed by atoms with van der Waals surface area (Å²) >= 11 is 0. The highest BCUT2D eigenvalue weighted by Gasteiger charge is 2.24. The molecule has 0 spiro atoms. The summed E-state index contributed by atoms with van der Waals surface area (Å²) in [7, 11) is 0. The van der Waals surface area contributed by atoms with Crippen molar-refractivity contribution in [3.8, 4) is 5.82 Å². The second-order valence-corrected chi connectivity index (χ2v) is 6.63. The Bertz CT molecular complexity index is 724. The molecule has 1 atom stereocenters. The normalized spacial score (nSPS) is 16.0. The van der Waals surface area contributed by atoms with Crippen LogP contribution in [0.5, 0.6) is 0 Å². The van der Waals surface area contributed by atoms with Gasteiger partial charge < -0.3 is 4.90 Å². The van der Waals surface area contributed by atoms with Crippen molar-refractivity contribution in [2.24, 2.45) is 5.92 Å². The van der Waals surface area contributed by atoms with E-state index < -0.39 is 0 Å². The van der Waals surface area contributed by atoms with Gasteiger partial charge in [0.2, 0.25) is 5.91 Å². The predicted octanol–water partition coefficient (Wildman–Crippen LogP) is 2.68. The zero-order valence-corrected chi connectivity index (χ0v) is 14.7. The van der Waals surface area contributed by atoms with E-state index in [0.29, 0.717) is 18.9 Å². The Morgan fingerprint density at radius 1 is 1.29 bits per heavy atom. The molecule has 2 aromatic rings. The quantitative estimate of drug-likeness (QED) is 0.818. The lowest BCUT2D eigenvalue weighted by atomic mass is 10.1. The molecule has 0 aliphatic carbocycles. The Hall–Kier alpha value is -2.24. The van der Waals surface area contributed by atoms with Crippen LogP contribution in [-0.4, -0.2) is 37.1 Å². The average Bonchev–Trinajstić information content (AvgIpc) is 3.14. The molecule has 128 valence electrons. The van der Waals surface area contributed by atoms with Crippen LogP contribution in [0.4, 0.5) is 0 Å². The zero-order chi connectivity index (χ0) is 17.1. The summed E-state index contributed by atoms with van der Waals surface area (Å²) in [5.41, 5.74) is 0.940. The molecule has 0 aromatic carbocycles. The molecule has 0 radical (unpaired) electrons. The fourth-order valence-electron chi connectivity index (χ4n) is 2.91. The van der Waals surface area contributed by atoms with Crippen molar-refractivity contribution in [1.82, 2.24) is 24.6 Å². The largest absolute Gasteiger partial charge is 0.335 e. The second-order valence-electron chi connectivity index (χ2n) is 6.63. The summed E-state index contributed by atoms with van der Waals surface area (Å²) in [5.74, 6) is 3.12. The van der Waals surface area contributed by atoms with Crippen LogP contribution in [-0.2, 0) is 17.8 Å². The van der Waals surface area contributed by atoms with Crippen LogP contribution in [0.1, 0.15) is 50.5 Å². The SMILES string of the molecule is CCC(C)Cc1nc(CN2CCCC2=O)n(-c2cccc(C)n2)n1. The van der Waals surface area contributed by atoms with E-state index in [9.17, 15) is 4.79 Å². The van der Waals surface area contributed by atoms with Gasteiger partial charge in [0.05, 0.1) is 6.54 Å². The van der Waals surface area contributed by atoms with Gasteiger partial charge in [0, 0.05) is 25.1 Å². The summed E-state index contributed by atoms with van der Waals surface area (Å²) in [6.45, 7) is 7.64. The molecule has 3 heterocycles. The molecule has 1 aliphatic rings. The van der Waals surface area contributed by atoms with E-state index in [-0.39, 0.29) is 5.91 Å². The van der Waals surface area contributed by atoms with Crippen LogP contribution in [0.3, 0.4) is 0 Å². The standard InChI is InChI=1S/C18H25N5O/c1-4-13(2)11-15-20-17(12-22-10-6-9-18(22)24)23(21-15)16-8-5-7-14(3)19-16/h5,7-8,13H,4,6,9-12H2,1-3H3. The maximum absolute atomic E-state index is 12.0. The first kappa shape index (κ1) is 16.6. The monoisotopic (exact) mass is 327 g/mol. The molecule has 1 saturated heterocycles. The third-order valence-electron chi connectivity index (χ3n) is 4.54. The van der Waals surface area contributed by atoms with E-state index >= 15 is 0 Å². The van der Waals surface area contributed by atoms with Gasteiger partial charge in [-0.05, 0) is 31.4 Å². The molecule has 0 bridgehead atoms. The molecule has 1 aliphatic heterocycles. The number of aromatic nitrogens is 4. The van der Waals surface area contributed by atoms with Crippen molar-refractivity contribution in [3.63, 3.8) is 0 Å². The Morgan fingerprint density at radius 2 is 2.12 bits per heavy atom. The Morgan fingerprint density at radius 3 is 2.79 bits per heavy atom. The van der Waals surface area contributed by atoms with Gasteiger partial charge in [-0.1, -0.05) is 26.3 Å². The summed E-state index contributed by atoms with van der Waals surface area (Å²) in [5, 5.41) is 4.68. The van der Waals surface area contributed by atoms with Crippen molar-refractivity contribution in [3.05, 3.63) is 35.5 Å². The Labute approximate surface area is 142 Å². The lowest BCUT2D eigenvalue weighted by molar-refractivity contribution is -0.128. The number of aryl methyl sites for hydroxylation is 1. The Balaban J connectivity index is 1.93. The van der Waals surface area contributed by atoms with Crippen molar-refractivity contribution in [1.29, 1.82) is 0 Å². The zero-order valence-electron chi connectivity index (χ0n) is 14.7. The number of amides is 1. The van der Waals surface area contributed by atoms with E-state index in [1.165, 1.54) is 0 Å². The number of likely N-dealkylation sites (tertiary alicyclic amines) is 1. The summed E-state index contributed by atoms with van der Waals surface area (Å²) in [6.07, 6.45) is 3.50. The highest BCUT2D eigenvalue weighted by molar-refractivity contribution is 5.77. The Kier molecular flexibility index (Phi) is 4.92. The van der Waals surface area contributed by atoms with Gasteiger partial charge in [-0.15, -0.1) is 5.10 Å². The van der Waals surface area contributed by atoms with Gasteiger partial charge in [0.1, 0.15) is 0 Å². The summed E-state index contributed by atoms with van der Waals surface area (Å²) in [6, 6.07) is 5.87. The number of rotatable bonds is 6. The van der Waals surface area contributed by atoms with E-state index in [1.807, 2.05) is 30.0 Å². The number of carbonyl (C=O) groups excluding carboxylic acids is 1. The van der Waals surface area contributed by atoms with Gasteiger partial charge in [0.25, 0.3) is 0 Å². The highest BCUT2D eigenvalue weighted by atomic mass is 16.2. The molecule has 1 amide bonds. The van der Waals surface area contributed by atoms with Crippen molar-refractivity contribution in [2.45, 2.75) is 53.0 Å². The minimum Gasteiger partial charge on any atom is -0.335 e. The first-order valence-electron chi connectivity index (χ1n) is 8.73. The van der Waals surface area contributed by atoms with Gasteiger partial charge in [-0.2, -0.15) is 4.68 Å². The van der Waals surface area contributed by atoms with Crippen LogP contribution >= 0.6 is 0 Å². The smallest absolute Gasteiger partial charge is 0.223 e. The molecule has 6 heteroatoms. The van der Waals surface area contributed by atoms with Crippen LogP contribution in [0, 0.1) is 12.8 Å². The predicted molar refractivity (Wildman–Crippen MR) is 91.7 cm³/mol. The van der Waals surface area contributed by atoms with Crippen LogP contribution in [0.25, 0.3) is 5.82 Å². The molecule has 1 fully saturated rings. The van der Waals surface area contributed by atoms with Gasteiger partial charge >= 0.3 is 0 Å². The van der Waals surface area contributed by atoms with Gasteiger partial charge in [0.15, 0.2) is 17.5 Å². The molecule has 3 rings (SSSR count). The third-order valence-corrected chi connectivity index (χ3v) is 4.54. The van der Waals surface area contributed by atoms with Gasteiger partial charge in [-0.25, -0.2) is 9.97 Å². The average molecular weight is 327 g/mol. The number of hydrogen-bond acceptors (Lipinski definition) is 4. The van der Waals surface area contributed by atoms with Crippen LogP contribution in [0.2, 0.25) is 0 Å². The van der Waals surface area contributed by atoms with Gasteiger partial charge in [-0.3, -0.25) is 4.79 Å². The third kappa shape index (κ3) is 3.63. The number of nitrogens with zero attached hydrogens (tertiary/aromatic N) is 5. The molecule has 2 aromatic heterocycles.